The summed E-state index contributed by atoms with van der Waals surface area (Å²) in [6.07, 6.45) is 0.932. The molecule has 18 heavy (non-hydrogen) atoms. The molecule has 1 aromatic heterocycles. The first kappa shape index (κ1) is 14.8. The highest BCUT2D eigenvalue weighted by molar-refractivity contribution is 6.29. The number of hydrogen-bond donors (Lipinski definition) is 1. The second kappa shape index (κ2) is 6.59. The van der Waals surface area contributed by atoms with Crippen molar-refractivity contribution in [3.63, 3.8) is 0 Å². The van der Waals surface area contributed by atoms with E-state index < -0.39 is 0 Å². The van der Waals surface area contributed by atoms with Gasteiger partial charge in [-0.2, -0.15) is 0 Å². The van der Waals surface area contributed by atoms with Crippen LogP contribution in [-0.4, -0.2) is 35.4 Å². The van der Waals surface area contributed by atoms with Crippen LogP contribution in [0.15, 0.2) is 12.1 Å². The summed E-state index contributed by atoms with van der Waals surface area (Å²) in [4.78, 5) is 18.3. The van der Waals surface area contributed by atoms with Gasteiger partial charge in [0.1, 0.15) is 11.0 Å². The number of halogens is 1. The van der Waals surface area contributed by atoms with E-state index in [0.717, 1.165) is 13.0 Å². The molecular formula is C13H20ClN3O. The second-order valence-electron chi connectivity index (χ2n) is 4.41. The minimum Gasteiger partial charge on any atom is -0.373 e. The molecule has 0 atom stereocenters. The topological polar surface area (TPSA) is 45.2 Å². The van der Waals surface area contributed by atoms with Gasteiger partial charge in [0.2, 0.25) is 0 Å². The summed E-state index contributed by atoms with van der Waals surface area (Å²) in [7, 11) is 1.75. The monoisotopic (exact) mass is 269 g/mol. The average Bonchev–Trinajstić information content (AvgIpc) is 2.33. The number of aromatic nitrogens is 1. The molecule has 0 fully saturated rings. The maximum absolute atomic E-state index is 12.4. The number of amides is 1. The fraction of sp³-hybridized carbons (Fsp3) is 0.538. The van der Waals surface area contributed by atoms with Crippen molar-refractivity contribution in [3.8, 4) is 0 Å². The van der Waals surface area contributed by atoms with E-state index in [1.165, 1.54) is 0 Å². The highest BCUT2D eigenvalue weighted by atomic mass is 35.5. The normalized spacial score (nSPS) is 10.6. The van der Waals surface area contributed by atoms with Gasteiger partial charge < -0.3 is 10.2 Å². The Morgan fingerprint density at radius 3 is 2.67 bits per heavy atom. The summed E-state index contributed by atoms with van der Waals surface area (Å²) in [6.45, 7) is 6.82. The summed E-state index contributed by atoms with van der Waals surface area (Å²) in [6, 6.07) is 3.50. The Morgan fingerprint density at radius 1 is 1.50 bits per heavy atom. The smallest absolute Gasteiger partial charge is 0.254 e. The van der Waals surface area contributed by atoms with Gasteiger partial charge in [-0.1, -0.05) is 18.5 Å². The first-order valence-corrected chi connectivity index (χ1v) is 6.53. The van der Waals surface area contributed by atoms with Gasteiger partial charge in [-0.05, 0) is 32.4 Å². The second-order valence-corrected chi connectivity index (χ2v) is 4.79. The van der Waals surface area contributed by atoms with Crippen molar-refractivity contribution in [3.05, 3.63) is 22.8 Å². The van der Waals surface area contributed by atoms with Crippen molar-refractivity contribution in [2.24, 2.45) is 0 Å². The Morgan fingerprint density at radius 2 is 2.17 bits per heavy atom. The van der Waals surface area contributed by atoms with Gasteiger partial charge in [0, 0.05) is 25.2 Å². The Hall–Kier alpha value is -1.29. The summed E-state index contributed by atoms with van der Waals surface area (Å²) in [5, 5.41) is 3.22. The molecular weight excluding hydrogens is 250 g/mol. The third kappa shape index (κ3) is 3.60. The van der Waals surface area contributed by atoms with Crippen LogP contribution in [0.3, 0.4) is 0 Å². The highest BCUT2D eigenvalue weighted by Crippen LogP contribution is 2.17. The molecule has 0 saturated carbocycles. The summed E-state index contributed by atoms with van der Waals surface area (Å²) < 4.78 is 0. The minimum absolute atomic E-state index is 0.00681. The lowest BCUT2D eigenvalue weighted by Gasteiger charge is -2.26. The zero-order valence-corrected chi connectivity index (χ0v) is 12.1. The largest absolute Gasteiger partial charge is 0.373 e. The van der Waals surface area contributed by atoms with Crippen LogP contribution in [0, 0.1) is 0 Å². The number of carbonyl (C=O) groups excluding carboxylic acids is 1. The predicted octanol–water partition coefficient (Wildman–Crippen LogP) is 3.04. The molecule has 0 aliphatic heterocycles. The summed E-state index contributed by atoms with van der Waals surface area (Å²) in [5.41, 5.74) is 0.571. The number of rotatable bonds is 5. The van der Waals surface area contributed by atoms with E-state index in [-0.39, 0.29) is 11.9 Å². The maximum atomic E-state index is 12.4. The standard InChI is InChI=1S/C13H20ClN3O/c1-5-6-17(9(2)3)13(18)10-7-11(14)16-12(8-10)15-4/h7-9H,5-6H2,1-4H3,(H,15,16). The molecule has 1 rings (SSSR count). The third-order valence-electron chi connectivity index (χ3n) is 2.65. The zero-order chi connectivity index (χ0) is 13.7. The number of carbonyl (C=O) groups is 1. The Bertz CT molecular complexity index is 421. The molecule has 0 radical (unpaired) electrons. The number of nitrogens with one attached hydrogen (secondary N) is 1. The van der Waals surface area contributed by atoms with Gasteiger partial charge in [-0.3, -0.25) is 4.79 Å². The summed E-state index contributed by atoms with van der Waals surface area (Å²) in [5.74, 6) is 0.596. The van der Waals surface area contributed by atoms with Gasteiger partial charge in [-0.15, -0.1) is 0 Å². The van der Waals surface area contributed by atoms with E-state index >= 15 is 0 Å². The molecule has 100 valence electrons. The van der Waals surface area contributed by atoms with Crippen LogP contribution >= 0.6 is 11.6 Å². The van der Waals surface area contributed by atoms with Crippen LogP contribution < -0.4 is 5.32 Å². The zero-order valence-electron chi connectivity index (χ0n) is 11.3. The molecule has 1 heterocycles. The van der Waals surface area contributed by atoms with Gasteiger partial charge in [-0.25, -0.2) is 4.98 Å². The van der Waals surface area contributed by atoms with Gasteiger partial charge in [0.25, 0.3) is 5.91 Å². The molecule has 0 spiro atoms. The highest BCUT2D eigenvalue weighted by Gasteiger charge is 2.19. The summed E-state index contributed by atoms with van der Waals surface area (Å²) >= 11 is 5.91. The number of hydrogen-bond acceptors (Lipinski definition) is 3. The van der Waals surface area contributed by atoms with Crippen LogP contribution in [0.4, 0.5) is 5.82 Å². The Labute approximate surface area is 113 Å². The number of nitrogens with zero attached hydrogens (tertiary/aromatic N) is 2. The van der Waals surface area contributed by atoms with Gasteiger partial charge >= 0.3 is 0 Å². The molecule has 5 heteroatoms. The SMILES string of the molecule is CCCN(C(=O)c1cc(Cl)nc(NC)c1)C(C)C. The van der Waals surface area contributed by atoms with E-state index in [1.54, 1.807) is 19.2 Å². The molecule has 4 nitrogen and oxygen atoms in total. The van der Waals surface area contributed by atoms with Crippen molar-refractivity contribution < 1.29 is 4.79 Å². The first-order valence-electron chi connectivity index (χ1n) is 6.15. The van der Waals surface area contributed by atoms with E-state index in [9.17, 15) is 4.79 Å². The quantitative estimate of drug-likeness (QED) is 0.836. The molecule has 0 aliphatic carbocycles. The fourth-order valence-electron chi connectivity index (χ4n) is 1.75. The Kier molecular flexibility index (Phi) is 5.41. The van der Waals surface area contributed by atoms with Crippen molar-refractivity contribution >= 4 is 23.3 Å². The molecule has 0 saturated heterocycles. The fourth-order valence-corrected chi connectivity index (χ4v) is 1.96. The molecule has 1 N–H and O–H groups in total. The third-order valence-corrected chi connectivity index (χ3v) is 2.84. The van der Waals surface area contributed by atoms with Crippen molar-refractivity contribution in [1.29, 1.82) is 0 Å². The van der Waals surface area contributed by atoms with E-state index in [2.05, 4.69) is 17.2 Å². The van der Waals surface area contributed by atoms with Crippen LogP contribution in [0.25, 0.3) is 0 Å². The predicted molar refractivity (Wildman–Crippen MR) is 75.3 cm³/mol. The van der Waals surface area contributed by atoms with Crippen molar-refractivity contribution in [2.75, 3.05) is 18.9 Å². The molecule has 1 aromatic rings. The van der Waals surface area contributed by atoms with Crippen molar-refractivity contribution in [2.45, 2.75) is 33.2 Å². The minimum atomic E-state index is -0.00681. The molecule has 0 aliphatic rings. The Balaban J connectivity index is 3.04. The molecule has 1 amide bonds. The van der Waals surface area contributed by atoms with Crippen LogP contribution in [0.2, 0.25) is 5.15 Å². The van der Waals surface area contributed by atoms with E-state index in [1.807, 2.05) is 18.7 Å². The average molecular weight is 270 g/mol. The van der Waals surface area contributed by atoms with E-state index in [4.69, 9.17) is 11.6 Å². The van der Waals surface area contributed by atoms with Gasteiger partial charge in [0.05, 0.1) is 0 Å². The van der Waals surface area contributed by atoms with Gasteiger partial charge in [0.15, 0.2) is 0 Å². The van der Waals surface area contributed by atoms with E-state index in [0.29, 0.717) is 16.5 Å². The molecule has 0 bridgehead atoms. The lowest BCUT2D eigenvalue weighted by Crippen LogP contribution is -2.37. The number of anilines is 1. The van der Waals surface area contributed by atoms with Crippen LogP contribution in [0.1, 0.15) is 37.6 Å². The number of pyridine rings is 1. The molecule has 0 aromatic carbocycles. The van der Waals surface area contributed by atoms with Crippen LogP contribution in [-0.2, 0) is 0 Å². The molecule has 0 unspecified atom stereocenters. The lowest BCUT2D eigenvalue weighted by atomic mass is 10.2. The maximum Gasteiger partial charge on any atom is 0.254 e. The first-order chi connectivity index (χ1) is 8.49. The van der Waals surface area contributed by atoms with Crippen molar-refractivity contribution in [1.82, 2.24) is 9.88 Å². The van der Waals surface area contributed by atoms with Crippen LogP contribution in [0.5, 0.6) is 0 Å². The lowest BCUT2D eigenvalue weighted by molar-refractivity contribution is 0.0706.